The first kappa shape index (κ1) is 20.8. The molecule has 5 nitrogen and oxygen atoms in total. The summed E-state index contributed by atoms with van der Waals surface area (Å²) in [6, 6.07) is 12.3. The van der Waals surface area contributed by atoms with Crippen molar-refractivity contribution in [2.75, 3.05) is 26.4 Å². The van der Waals surface area contributed by atoms with E-state index in [9.17, 15) is 0 Å². The Morgan fingerprint density at radius 1 is 0.655 bits per heavy atom. The van der Waals surface area contributed by atoms with Crippen LogP contribution in [0.25, 0.3) is 10.8 Å². The van der Waals surface area contributed by atoms with Crippen LogP contribution in [0.1, 0.15) is 39.0 Å². The molecule has 0 fully saturated rings. The zero-order valence-electron chi connectivity index (χ0n) is 17.7. The highest BCUT2D eigenvalue weighted by Crippen LogP contribution is 2.34. The molecule has 0 amide bonds. The van der Waals surface area contributed by atoms with Gasteiger partial charge in [-0.2, -0.15) is 0 Å². The van der Waals surface area contributed by atoms with Gasteiger partial charge in [-0.25, -0.2) is 4.98 Å². The second kappa shape index (κ2) is 10.0. The van der Waals surface area contributed by atoms with E-state index in [0.29, 0.717) is 26.4 Å². The number of hydrogen-bond acceptors (Lipinski definition) is 4. The number of H-pyrrole nitrogens is 1. The van der Waals surface area contributed by atoms with Crippen molar-refractivity contribution < 1.29 is 23.9 Å². The molecule has 5 heteroatoms. The van der Waals surface area contributed by atoms with Crippen molar-refractivity contribution in [3.05, 3.63) is 53.9 Å². The molecule has 2 aromatic carbocycles. The molecule has 154 valence electrons. The van der Waals surface area contributed by atoms with Gasteiger partial charge in [0.15, 0.2) is 34.9 Å². The average Bonchev–Trinajstić information content (AvgIpc) is 2.71. The summed E-state index contributed by atoms with van der Waals surface area (Å²) in [7, 11) is 0. The number of fused-ring (bicyclic) bond motifs is 1. The monoisotopic (exact) mass is 396 g/mol. The highest BCUT2D eigenvalue weighted by Gasteiger charge is 2.16. The number of nitrogens with one attached hydrogen (secondary N) is 1. The van der Waals surface area contributed by atoms with Crippen molar-refractivity contribution in [3.63, 3.8) is 0 Å². The molecular weight excluding hydrogens is 366 g/mol. The fraction of sp³-hybridized carbons (Fsp3) is 0.375. The van der Waals surface area contributed by atoms with Gasteiger partial charge in [0.05, 0.1) is 38.2 Å². The van der Waals surface area contributed by atoms with E-state index >= 15 is 0 Å². The predicted octanol–water partition coefficient (Wildman–Crippen LogP) is 4.84. The molecule has 1 heterocycles. The lowest BCUT2D eigenvalue weighted by atomic mass is 10.0. The van der Waals surface area contributed by atoms with Crippen molar-refractivity contribution >= 4 is 10.8 Å². The summed E-state index contributed by atoms with van der Waals surface area (Å²) in [5.41, 5.74) is 2.26. The van der Waals surface area contributed by atoms with Crippen LogP contribution in [0.5, 0.6) is 23.0 Å². The molecule has 1 aromatic heterocycles. The topological polar surface area (TPSA) is 51.1 Å². The summed E-state index contributed by atoms with van der Waals surface area (Å²) in [6.45, 7) is 10.3. The van der Waals surface area contributed by atoms with Gasteiger partial charge in [0.1, 0.15) is 0 Å². The molecule has 3 rings (SSSR count). The summed E-state index contributed by atoms with van der Waals surface area (Å²) >= 11 is 0. The Labute approximate surface area is 172 Å². The molecule has 0 aliphatic rings. The Kier molecular flexibility index (Phi) is 7.17. The average molecular weight is 397 g/mol. The first-order valence-electron chi connectivity index (χ1n) is 10.3. The second-order valence-corrected chi connectivity index (χ2v) is 6.53. The minimum atomic E-state index is 0.591. The van der Waals surface area contributed by atoms with Gasteiger partial charge in [-0.15, -0.1) is 0 Å². The molecule has 0 aliphatic heterocycles. The highest BCUT2D eigenvalue weighted by atomic mass is 16.5. The highest BCUT2D eigenvalue weighted by molar-refractivity contribution is 5.87. The Balaban J connectivity index is 1.99. The van der Waals surface area contributed by atoms with E-state index in [2.05, 4.69) is 29.2 Å². The Bertz CT molecular complexity index is 955. The van der Waals surface area contributed by atoms with Gasteiger partial charge in [0, 0.05) is 6.07 Å². The third kappa shape index (κ3) is 4.91. The minimum absolute atomic E-state index is 0.591. The van der Waals surface area contributed by atoms with E-state index in [-0.39, 0.29) is 0 Å². The third-order valence-electron chi connectivity index (χ3n) is 4.55. The van der Waals surface area contributed by atoms with Crippen molar-refractivity contribution in [2.45, 2.75) is 34.1 Å². The molecule has 0 aliphatic carbocycles. The summed E-state index contributed by atoms with van der Waals surface area (Å²) in [6.07, 6.45) is 2.70. The van der Waals surface area contributed by atoms with Gasteiger partial charge in [0.25, 0.3) is 0 Å². The Hall–Kier alpha value is -2.95. The second-order valence-electron chi connectivity index (χ2n) is 6.53. The lowest BCUT2D eigenvalue weighted by molar-refractivity contribution is -0.387. The van der Waals surface area contributed by atoms with E-state index in [1.165, 1.54) is 0 Å². The van der Waals surface area contributed by atoms with Gasteiger partial charge in [-0.3, -0.25) is 0 Å². The van der Waals surface area contributed by atoms with Crippen LogP contribution in [0, 0.1) is 0 Å². The number of ether oxygens (including phenoxy) is 4. The molecular formula is C24H30NO4+. The Morgan fingerprint density at radius 3 is 1.90 bits per heavy atom. The number of aromatic nitrogens is 1. The molecule has 0 unspecified atom stereocenters. The van der Waals surface area contributed by atoms with Gasteiger partial charge >= 0.3 is 0 Å². The van der Waals surface area contributed by atoms with Gasteiger partial charge in [0.2, 0.25) is 0 Å². The van der Waals surface area contributed by atoms with Crippen LogP contribution in [0.4, 0.5) is 0 Å². The van der Waals surface area contributed by atoms with E-state index in [1.54, 1.807) is 0 Å². The number of rotatable bonds is 10. The summed E-state index contributed by atoms with van der Waals surface area (Å²) in [5, 5.41) is 2.23. The molecule has 29 heavy (non-hydrogen) atoms. The maximum atomic E-state index is 5.82. The van der Waals surface area contributed by atoms with Crippen LogP contribution in [0.2, 0.25) is 0 Å². The van der Waals surface area contributed by atoms with Crippen LogP contribution >= 0.6 is 0 Å². The van der Waals surface area contributed by atoms with Crippen LogP contribution in [-0.4, -0.2) is 26.4 Å². The van der Waals surface area contributed by atoms with E-state index in [1.807, 2.05) is 46.0 Å². The van der Waals surface area contributed by atoms with Crippen LogP contribution in [0.3, 0.4) is 0 Å². The largest absolute Gasteiger partial charge is 0.490 e. The van der Waals surface area contributed by atoms with Gasteiger partial charge in [-0.05, 0) is 62.9 Å². The van der Waals surface area contributed by atoms with Gasteiger partial charge < -0.3 is 18.9 Å². The fourth-order valence-electron chi connectivity index (χ4n) is 3.38. The van der Waals surface area contributed by atoms with Gasteiger partial charge in [-0.1, -0.05) is 6.07 Å². The molecule has 0 atom stereocenters. The first-order chi connectivity index (χ1) is 14.2. The quantitative estimate of drug-likeness (QED) is 0.492. The molecule has 0 radical (unpaired) electrons. The van der Waals surface area contributed by atoms with Crippen molar-refractivity contribution in [1.29, 1.82) is 0 Å². The normalized spacial score (nSPS) is 10.8. The third-order valence-corrected chi connectivity index (χ3v) is 4.55. The number of benzene rings is 2. The molecule has 0 spiro atoms. The maximum absolute atomic E-state index is 5.82. The van der Waals surface area contributed by atoms with Crippen molar-refractivity contribution in [3.8, 4) is 23.0 Å². The standard InChI is InChI=1S/C24H29NO4/c1-5-26-21-10-9-17(14-22(21)27-6-2)13-20-19-16-24(29-8-4)23(28-7-3)15-18(19)11-12-25-20/h9-12,14-16H,5-8,13H2,1-4H3/p+1. The van der Waals surface area contributed by atoms with E-state index in [4.69, 9.17) is 18.9 Å². The minimum Gasteiger partial charge on any atom is -0.490 e. The Morgan fingerprint density at radius 2 is 1.24 bits per heavy atom. The fourth-order valence-corrected chi connectivity index (χ4v) is 3.38. The number of aromatic amines is 1. The molecule has 3 aromatic rings. The first-order valence-corrected chi connectivity index (χ1v) is 10.3. The van der Waals surface area contributed by atoms with Crippen LogP contribution < -0.4 is 23.9 Å². The van der Waals surface area contributed by atoms with E-state index in [0.717, 1.165) is 51.4 Å². The molecule has 0 saturated carbocycles. The number of pyridine rings is 1. The molecule has 0 saturated heterocycles. The maximum Gasteiger partial charge on any atom is 0.192 e. The molecule has 1 N–H and O–H groups in total. The van der Waals surface area contributed by atoms with Crippen molar-refractivity contribution in [1.82, 2.24) is 0 Å². The van der Waals surface area contributed by atoms with E-state index < -0.39 is 0 Å². The van der Waals surface area contributed by atoms with Crippen molar-refractivity contribution in [2.24, 2.45) is 0 Å². The summed E-state index contributed by atoms with van der Waals surface area (Å²) in [5.74, 6) is 3.10. The molecule has 0 bridgehead atoms. The lowest BCUT2D eigenvalue weighted by Gasteiger charge is -2.13. The smallest absolute Gasteiger partial charge is 0.192 e. The lowest BCUT2D eigenvalue weighted by Crippen LogP contribution is -2.12. The predicted molar refractivity (Wildman–Crippen MR) is 114 cm³/mol. The zero-order chi connectivity index (χ0) is 20.6. The SMILES string of the molecule is CCOc1ccc(Cc2[nH+]ccc3cc(OCC)c(OCC)cc23)cc1OCC. The van der Waals surface area contributed by atoms with Crippen LogP contribution in [0.15, 0.2) is 42.6 Å². The number of hydrogen-bond donors (Lipinski definition) is 0. The summed E-state index contributed by atoms with van der Waals surface area (Å²) in [4.78, 5) is 3.40. The summed E-state index contributed by atoms with van der Waals surface area (Å²) < 4.78 is 23.0. The zero-order valence-corrected chi connectivity index (χ0v) is 17.7. The van der Waals surface area contributed by atoms with Crippen LogP contribution in [-0.2, 0) is 6.42 Å².